The van der Waals surface area contributed by atoms with Gasteiger partial charge in [-0.15, -0.1) is 0 Å². The molecule has 0 aliphatic carbocycles. The van der Waals surface area contributed by atoms with E-state index in [0.717, 1.165) is 3.57 Å². The number of anilines is 2. The molecule has 1 heterocycles. The van der Waals surface area contributed by atoms with Crippen molar-refractivity contribution in [3.63, 3.8) is 0 Å². The lowest BCUT2D eigenvalue weighted by molar-refractivity contribution is 0.262. The molecule has 2 N–H and O–H groups in total. The number of nitrogens with one attached hydrogen (secondary N) is 2. The fraction of sp³-hybridized carbons (Fsp3) is 0. The Balaban J connectivity index is 1.98. The van der Waals surface area contributed by atoms with Crippen LogP contribution in [0.1, 0.15) is 0 Å². The lowest BCUT2D eigenvalue weighted by Crippen LogP contribution is -2.19. The minimum Gasteiger partial charge on any atom is -0.308 e. The van der Waals surface area contributed by atoms with Crippen molar-refractivity contribution in [1.29, 1.82) is 0 Å². The minimum atomic E-state index is -0.356. The molecule has 0 bridgehead atoms. The van der Waals surface area contributed by atoms with E-state index in [1.54, 1.807) is 36.5 Å². The average Bonchev–Trinajstić information content (AvgIpc) is 2.32. The smallest absolute Gasteiger partial charge is 0.308 e. The Morgan fingerprint density at radius 3 is 2.72 bits per heavy atom. The number of benzene rings is 1. The lowest BCUT2D eigenvalue weighted by atomic mass is 10.3. The zero-order valence-electron chi connectivity index (χ0n) is 9.15. The molecule has 6 heteroatoms. The van der Waals surface area contributed by atoms with Crippen LogP contribution in [-0.2, 0) is 0 Å². The molecule has 18 heavy (non-hydrogen) atoms. The monoisotopic (exact) mass is 373 g/mol. The zero-order chi connectivity index (χ0) is 13.0. The molecule has 0 saturated heterocycles. The van der Waals surface area contributed by atoms with E-state index in [0.29, 0.717) is 16.5 Å². The van der Waals surface area contributed by atoms with E-state index in [1.807, 2.05) is 6.07 Å². The number of halogens is 2. The molecule has 0 unspecified atom stereocenters. The molecule has 0 radical (unpaired) electrons. The molecule has 0 aliphatic rings. The number of hydrogen-bond acceptors (Lipinski definition) is 2. The second-order valence-electron chi connectivity index (χ2n) is 3.45. The molecule has 1 aromatic heterocycles. The number of pyridine rings is 1. The van der Waals surface area contributed by atoms with E-state index in [4.69, 9.17) is 11.6 Å². The first kappa shape index (κ1) is 13.1. The Labute approximate surface area is 123 Å². The van der Waals surface area contributed by atoms with Gasteiger partial charge in [0.25, 0.3) is 0 Å². The van der Waals surface area contributed by atoms with Gasteiger partial charge in [-0.3, -0.25) is 5.32 Å². The van der Waals surface area contributed by atoms with Gasteiger partial charge in [-0.2, -0.15) is 0 Å². The Bertz CT molecular complexity index is 560. The first-order valence-corrected chi connectivity index (χ1v) is 6.54. The van der Waals surface area contributed by atoms with E-state index < -0.39 is 0 Å². The van der Waals surface area contributed by atoms with Crippen molar-refractivity contribution in [2.75, 3.05) is 10.6 Å². The molecule has 2 rings (SSSR count). The quantitative estimate of drug-likeness (QED) is 0.782. The van der Waals surface area contributed by atoms with Gasteiger partial charge in [0.1, 0.15) is 5.82 Å². The number of hydrogen-bond donors (Lipinski definition) is 2. The van der Waals surface area contributed by atoms with Crippen LogP contribution in [0.5, 0.6) is 0 Å². The fourth-order valence-electron chi connectivity index (χ4n) is 1.29. The third-order valence-electron chi connectivity index (χ3n) is 2.05. The Morgan fingerprint density at radius 2 is 2.06 bits per heavy atom. The highest BCUT2D eigenvalue weighted by Gasteiger charge is 2.03. The maximum atomic E-state index is 11.7. The molecule has 0 spiro atoms. The first-order chi connectivity index (χ1) is 8.63. The molecule has 0 saturated carbocycles. The summed E-state index contributed by atoms with van der Waals surface area (Å²) < 4.78 is 1.01. The van der Waals surface area contributed by atoms with E-state index in [2.05, 4.69) is 38.2 Å². The molecule has 0 fully saturated rings. The van der Waals surface area contributed by atoms with Crippen molar-refractivity contribution in [1.82, 2.24) is 4.98 Å². The van der Waals surface area contributed by atoms with E-state index in [1.165, 1.54) is 0 Å². The maximum absolute atomic E-state index is 11.7. The topological polar surface area (TPSA) is 54.0 Å². The van der Waals surface area contributed by atoms with Crippen LogP contribution in [-0.4, -0.2) is 11.0 Å². The van der Waals surface area contributed by atoms with Crippen molar-refractivity contribution in [3.05, 3.63) is 51.2 Å². The summed E-state index contributed by atoms with van der Waals surface area (Å²) in [5.74, 6) is 0.495. The number of urea groups is 1. The van der Waals surface area contributed by atoms with Gasteiger partial charge in [0.05, 0.1) is 0 Å². The second kappa shape index (κ2) is 6.01. The molecule has 92 valence electrons. The molecule has 0 aliphatic heterocycles. The van der Waals surface area contributed by atoms with Crippen LogP contribution < -0.4 is 10.6 Å². The summed E-state index contributed by atoms with van der Waals surface area (Å²) in [7, 11) is 0. The molecular weight excluding hydrogens is 365 g/mol. The van der Waals surface area contributed by atoms with Gasteiger partial charge in [0, 0.05) is 20.5 Å². The molecular formula is C12H9ClIN3O. The SMILES string of the molecule is O=C(Nc1cccc(Cl)c1)Nc1ccc(I)cn1. The lowest BCUT2D eigenvalue weighted by Gasteiger charge is -2.07. The summed E-state index contributed by atoms with van der Waals surface area (Å²) in [6.07, 6.45) is 1.68. The van der Waals surface area contributed by atoms with Gasteiger partial charge >= 0.3 is 6.03 Å². The average molecular weight is 374 g/mol. The fourth-order valence-corrected chi connectivity index (χ4v) is 1.80. The van der Waals surface area contributed by atoms with Crippen molar-refractivity contribution in [2.45, 2.75) is 0 Å². The largest absolute Gasteiger partial charge is 0.324 e. The molecule has 2 amide bonds. The number of nitrogens with zero attached hydrogens (tertiary/aromatic N) is 1. The number of carbonyl (C=O) groups is 1. The molecule has 2 aromatic rings. The minimum absolute atomic E-state index is 0.356. The number of amides is 2. The summed E-state index contributed by atoms with van der Waals surface area (Å²) in [6, 6.07) is 10.2. The van der Waals surface area contributed by atoms with Gasteiger partial charge in [-0.1, -0.05) is 17.7 Å². The number of aromatic nitrogens is 1. The first-order valence-electron chi connectivity index (χ1n) is 5.08. The van der Waals surface area contributed by atoms with Crippen LogP contribution in [0.3, 0.4) is 0 Å². The predicted molar refractivity (Wildman–Crippen MR) is 81.0 cm³/mol. The highest BCUT2D eigenvalue weighted by atomic mass is 127. The summed E-state index contributed by atoms with van der Waals surface area (Å²) in [5, 5.41) is 5.87. The Kier molecular flexibility index (Phi) is 4.38. The third kappa shape index (κ3) is 3.85. The maximum Gasteiger partial charge on any atom is 0.324 e. The van der Waals surface area contributed by atoms with E-state index in [-0.39, 0.29) is 6.03 Å². The van der Waals surface area contributed by atoms with Gasteiger partial charge in [0.2, 0.25) is 0 Å². The van der Waals surface area contributed by atoms with Crippen LogP contribution in [0.2, 0.25) is 5.02 Å². The number of rotatable bonds is 2. The van der Waals surface area contributed by atoms with Crippen molar-refractivity contribution >= 4 is 51.7 Å². The van der Waals surface area contributed by atoms with Crippen LogP contribution in [0, 0.1) is 3.57 Å². The van der Waals surface area contributed by atoms with Crippen molar-refractivity contribution in [2.24, 2.45) is 0 Å². The normalized spacial score (nSPS) is 9.89. The van der Waals surface area contributed by atoms with Gasteiger partial charge in [-0.25, -0.2) is 9.78 Å². The summed E-state index contributed by atoms with van der Waals surface area (Å²) in [5.41, 5.74) is 0.630. The van der Waals surface area contributed by atoms with Crippen LogP contribution in [0.15, 0.2) is 42.6 Å². The second-order valence-corrected chi connectivity index (χ2v) is 5.13. The van der Waals surface area contributed by atoms with Crippen LogP contribution in [0.4, 0.5) is 16.3 Å². The number of carbonyl (C=O) groups excluding carboxylic acids is 1. The van der Waals surface area contributed by atoms with Gasteiger partial charge in [-0.05, 0) is 52.9 Å². The van der Waals surface area contributed by atoms with E-state index >= 15 is 0 Å². The van der Waals surface area contributed by atoms with Crippen LogP contribution >= 0.6 is 34.2 Å². The summed E-state index contributed by atoms with van der Waals surface area (Å²) >= 11 is 7.97. The highest BCUT2D eigenvalue weighted by molar-refractivity contribution is 14.1. The summed E-state index contributed by atoms with van der Waals surface area (Å²) in [4.78, 5) is 15.7. The Hall–Kier alpha value is -1.34. The van der Waals surface area contributed by atoms with Gasteiger partial charge < -0.3 is 5.32 Å². The molecule has 1 aromatic carbocycles. The van der Waals surface area contributed by atoms with Crippen molar-refractivity contribution in [3.8, 4) is 0 Å². The highest BCUT2D eigenvalue weighted by Crippen LogP contribution is 2.15. The van der Waals surface area contributed by atoms with E-state index in [9.17, 15) is 4.79 Å². The summed E-state index contributed by atoms with van der Waals surface area (Å²) in [6.45, 7) is 0. The zero-order valence-corrected chi connectivity index (χ0v) is 12.1. The Morgan fingerprint density at radius 1 is 1.22 bits per heavy atom. The predicted octanol–water partition coefficient (Wildman–Crippen LogP) is 3.98. The third-order valence-corrected chi connectivity index (χ3v) is 2.92. The van der Waals surface area contributed by atoms with Gasteiger partial charge in [0.15, 0.2) is 0 Å². The van der Waals surface area contributed by atoms with Crippen LogP contribution in [0.25, 0.3) is 0 Å². The molecule has 4 nitrogen and oxygen atoms in total. The van der Waals surface area contributed by atoms with Crippen molar-refractivity contribution < 1.29 is 4.79 Å². The molecule has 0 atom stereocenters. The standard InChI is InChI=1S/C12H9ClIN3O/c13-8-2-1-3-10(6-8)16-12(18)17-11-5-4-9(14)7-15-11/h1-7H,(H2,15,16,17,18).